The van der Waals surface area contributed by atoms with Gasteiger partial charge in [0.05, 0.1) is 13.0 Å². The first-order valence-corrected chi connectivity index (χ1v) is 29.6. The van der Waals surface area contributed by atoms with Crippen molar-refractivity contribution in [3.8, 4) is 0 Å². The maximum Gasteiger partial charge on any atom is 0.335 e. The Labute approximate surface area is 454 Å². The van der Waals surface area contributed by atoms with Gasteiger partial charge in [-0.15, -0.1) is 0 Å². The van der Waals surface area contributed by atoms with Crippen LogP contribution >= 0.6 is 0 Å². The Morgan fingerprint density at radius 2 is 0.907 bits per heavy atom. The second-order valence-electron chi connectivity index (χ2n) is 19.9. The summed E-state index contributed by atoms with van der Waals surface area (Å²) in [6, 6.07) is 0. The lowest BCUT2D eigenvalue weighted by Crippen LogP contribution is -2.61. The summed E-state index contributed by atoms with van der Waals surface area (Å²) < 4.78 is 28.3. The summed E-state index contributed by atoms with van der Waals surface area (Å²) in [6.07, 6.45) is 53.0. The molecule has 0 aromatic carbocycles. The highest BCUT2D eigenvalue weighted by molar-refractivity contribution is 5.74. The van der Waals surface area contributed by atoms with E-state index in [0.29, 0.717) is 19.3 Å². The summed E-state index contributed by atoms with van der Waals surface area (Å²) in [7, 11) is 0. The first-order valence-electron chi connectivity index (χ1n) is 29.6. The third kappa shape index (κ3) is 40.8. The van der Waals surface area contributed by atoms with Crippen molar-refractivity contribution < 1.29 is 58.2 Å². The van der Waals surface area contributed by atoms with E-state index in [1.165, 1.54) is 83.5 Å². The van der Waals surface area contributed by atoms with Crippen molar-refractivity contribution in [1.82, 2.24) is 0 Å². The Balaban J connectivity index is 2.74. The second kappa shape index (κ2) is 50.7. The summed E-state index contributed by atoms with van der Waals surface area (Å²) in [5.41, 5.74) is 0. The highest BCUT2D eigenvalue weighted by Gasteiger charge is 2.50. The molecule has 0 bridgehead atoms. The standard InChI is InChI=1S/C63H104O12/c1-4-7-10-13-16-19-22-25-27-28-30-32-34-37-40-43-46-49-55(64)71-52-54(73-56(65)50-47-44-41-38-36-33-29-26-23-20-17-14-11-8-5-2)53-72-63-61(59(68)58(67)60(75-63)62(69)70)74-57(66)51-48-45-42-39-35-31-24-21-18-15-12-9-6-3/h8,11-12,15,17,20-21,24,26,29,36,38,44,47,54,58-61,63,67-68H,4-7,9-10,13-14,16,18-19,22-23,25,27-28,30-35,37,39-43,45-46,48-53H2,1-3H3,(H,69,70)/b11-8-,15-12-,20-17-,24-21-,29-26-,38-36-,47-44-. The van der Waals surface area contributed by atoms with Gasteiger partial charge < -0.3 is 39.0 Å². The fourth-order valence-corrected chi connectivity index (χ4v) is 8.48. The Bertz CT molecular complexity index is 1630. The zero-order valence-electron chi connectivity index (χ0n) is 47.0. The van der Waals surface area contributed by atoms with Crippen LogP contribution in [0.3, 0.4) is 0 Å². The first-order chi connectivity index (χ1) is 36.6. The third-order valence-corrected chi connectivity index (χ3v) is 13.0. The topological polar surface area (TPSA) is 175 Å². The molecule has 1 fully saturated rings. The van der Waals surface area contributed by atoms with Crippen LogP contribution in [0.25, 0.3) is 0 Å². The van der Waals surface area contributed by atoms with Crippen molar-refractivity contribution in [2.45, 2.75) is 276 Å². The minimum absolute atomic E-state index is 0.0316. The number of esters is 3. The zero-order chi connectivity index (χ0) is 54.7. The van der Waals surface area contributed by atoms with E-state index in [-0.39, 0.29) is 25.9 Å². The molecule has 12 heteroatoms. The molecule has 0 aliphatic carbocycles. The van der Waals surface area contributed by atoms with Crippen molar-refractivity contribution >= 4 is 23.9 Å². The number of carbonyl (C=O) groups is 4. The Kier molecular flexibility index (Phi) is 46.6. The number of carbonyl (C=O) groups excluding carboxylic acids is 3. The van der Waals surface area contributed by atoms with Crippen molar-refractivity contribution in [2.24, 2.45) is 0 Å². The number of aliphatic hydroxyl groups is 2. The number of carboxylic acids is 1. The molecule has 1 saturated heterocycles. The fraction of sp³-hybridized carbons (Fsp3) is 0.714. The number of hydrogen-bond acceptors (Lipinski definition) is 11. The van der Waals surface area contributed by atoms with Gasteiger partial charge in [-0.25, -0.2) is 4.79 Å². The molecule has 0 saturated carbocycles. The van der Waals surface area contributed by atoms with Gasteiger partial charge in [0.1, 0.15) is 18.8 Å². The molecule has 6 unspecified atom stereocenters. The number of hydrogen-bond donors (Lipinski definition) is 3. The molecular weight excluding hydrogens is 949 g/mol. The Morgan fingerprint density at radius 3 is 1.40 bits per heavy atom. The lowest BCUT2D eigenvalue weighted by molar-refractivity contribution is -0.301. The number of aliphatic hydroxyl groups excluding tert-OH is 2. The Hall–Kier alpha value is -4.10. The predicted octanol–water partition coefficient (Wildman–Crippen LogP) is 15.1. The van der Waals surface area contributed by atoms with Gasteiger partial charge in [0.15, 0.2) is 24.6 Å². The maximum atomic E-state index is 13.1. The molecule has 428 valence electrons. The van der Waals surface area contributed by atoms with E-state index in [9.17, 15) is 34.5 Å². The van der Waals surface area contributed by atoms with Gasteiger partial charge >= 0.3 is 23.9 Å². The molecule has 75 heavy (non-hydrogen) atoms. The smallest absolute Gasteiger partial charge is 0.335 e. The molecule has 0 radical (unpaired) electrons. The van der Waals surface area contributed by atoms with Crippen LogP contribution in [-0.4, -0.2) is 89.2 Å². The van der Waals surface area contributed by atoms with Crippen molar-refractivity contribution in [1.29, 1.82) is 0 Å². The average Bonchev–Trinajstić information content (AvgIpc) is 3.39. The Morgan fingerprint density at radius 1 is 0.467 bits per heavy atom. The molecule has 1 aliphatic heterocycles. The van der Waals surface area contributed by atoms with Crippen molar-refractivity contribution in [3.05, 3.63) is 85.1 Å². The normalized spacial score (nSPS) is 18.8. The summed E-state index contributed by atoms with van der Waals surface area (Å²) in [6.45, 7) is 5.73. The molecule has 1 aliphatic rings. The fourth-order valence-electron chi connectivity index (χ4n) is 8.48. The van der Waals surface area contributed by atoms with Crippen LogP contribution in [0.2, 0.25) is 0 Å². The minimum atomic E-state index is -1.92. The van der Waals surface area contributed by atoms with Gasteiger partial charge in [0.25, 0.3) is 0 Å². The SMILES string of the molecule is CC/C=C\C/C=C\C/C=C\C/C=C\C/C=C\CC(=O)OC(COC(=O)CCCCCCCCCCCCCCCCCCC)COC1OC(C(=O)O)C(O)C(O)C1OC(=O)CCCCCCC/C=C\C/C=C\CCC. The van der Waals surface area contributed by atoms with E-state index in [2.05, 4.69) is 87.6 Å². The zero-order valence-corrected chi connectivity index (χ0v) is 47.0. The van der Waals surface area contributed by atoms with Crippen LogP contribution < -0.4 is 0 Å². The van der Waals surface area contributed by atoms with E-state index >= 15 is 0 Å². The average molecular weight is 1050 g/mol. The molecular formula is C63H104O12. The lowest BCUT2D eigenvalue weighted by atomic mass is 9.98. The van der Waals surface area contributed by atoms with Gasteiger partial charge in [-0.05, 0) is 70.6 Å². The van der Waals surface area contributed by atoms with E-state index in [4.69, 9.17) is 23.7 Å². The predicted molar refractivity (Wildman–Crippen MR) is 303 cm³/mol. The largest absolute Gasteiger partial charge is 0.479 e. The molecule has 0 aromatic heterocycles. The van der Waals surface area contributed by atoms with Crippen LogP contribution in [0.5, 0.6) is 0 Å². The molecule has 0 amide bonds. The molecule has 1 rings (SSSR count). The number of allylic oxidation sites excluding steroid dienone is 13. The summed E-state index contributed by atoms with van der Waals surface area (Å²) in [5.74, 6) is -3.30. The first kappa shape index (κ1) is 68.9. The van der Waals surface area contributed by atoms with Crippen LogP contribution in [0.4, 0.5) is 0 Å². The summed E-state index contributed by atoms with van der Waals surface area (Å²) in [5, 5.41) is 31.4. The van der Waals surface area contributed by atoms with Gasteiger partial charge in [-0.1, -0.05) is 234 Å². The number of rotatable bonds is 49. The molecule has 0 spiro atoms. The van der Waals surface area contributed by atoms with Crippen LogP contribution in [0.15, 0.2) is 85.1 Å². The van der Waals surface area contributed by atoms with E-state index < -0.39 is 67.3 Å². The number of aliphatic carboxylic acids is 1. The molecule has 3 N–H and O–H groups in total. The van der Waals surface area contributed by atoms with E-state index in [1.54, 1.807) is 6.08 Å². The number of ether oxygens (including phenoxy) is 5. The van der Waals surface area contributed by atoms with E-state index in [1.807, 2.05) is 12.2 Å². The van der Waals surface area contributed by atoms with Crippen molar-refractivity contribution in [3.63, 3.8) is 0 Å². The quantitative estimate of drug-likeness (QED) is 0.0228. The maximum absolute atomic E-state index is 13.1. The summed E-state index contributed by atoms with van der Waals surface area (Å²) >= 11 is 0. The molecule has 12 nitrogen and oxygen atoms in total. The van der Waals surface area contributed by atoms with Crippen LogP contribution in [-0.2, 0) is 42.9 Å². The number of carboxylic acid groups (broad SMARTS) is 1. The van der Waals surface area contributed by atoms with Gasteiger partial charge in [-0.3, -0.25) is 14.4 Å². The molecule has 1 heterocycles. The molecule has 0 aromatic rings. The highest BCUT2D eigenvalue weighted by Crippen LogP contribution is 2.26. The molecule has 6 atom stereocenters. The van der Waals surface area contributed by atoms with E-state index in [0.717, 1.165) is 96.3 Å². The van der Waals surface area contributed by atoms with Crippen molar-refractivity contribution in [2.75, 3.05) is 13.2 Å². The summed E-state index contributed by atoms with van der Waals surface area (Å²) in [4.78, 5) is 51.0. The number of unbranched alkanes of at least 4 members (excludes halogenated alkanes) is 22. The van der Waals surface area contributed by atoms with Gasteiger partial charge in [-0.2, -0.15) is 0 Å². The monoisotopic (exact) mass is 1050 g/mol. The van der Waals surface area contributed by atoms with Gasteiger partial charge in [0.2, 0.25) is 0 Å². The second-order valence-corrected chi connectivity index (χ2v) is 19.9. The minimum Gasteiger partial charge on any atom is -0.479 e. The van der Waals surface area contributed by atoms with Crippen LogP contribution in [0, 0.1) is 0 Å². The third-order valence-electron chi connectivity index (χ3n) is 13.0. The lowest BCUT2D eigenvalue weighted by Gasteiger charge is -2.40. The highest BCUT2D eigenvalue weighted by atomic mass is 16.7. The van der Waals surface area contributed by atoms with Crippen LogP contribution in [0.1, 0.15) is 239 Å². The van der Waals surface area contributed by atoms with Gasteiger partial charge in [0, 0.05) is 12.8 Å².